The second-order valence-electron chi connectivity index (χ2n) is 4.69. The standard InChI is InChI=1S/C18H14N2O2/c1-13(21)16-3-2-4-17(11-16)20-18(22)10-9-14-5-7-15(12-19)8-6-14/h2-11H,1H3,(H,20,22)/b10-9+. The number of rotatable bonds is 4. The fourth-order valence-corrected chi connectivity index (χ4v) is 1.84. The lowest BCUT2D eigenvalue weighted by Gasteiger charge is -2.03. The van der Waals surface area contributed by atoms with E-state index in [1.165, 1.54) is 13.0 Å². The smallest absolute Gasteiger partial charge is 0.248 e. The Bertz CT molecular complexity index is 768. The molecule has 0 saturated carbocycles. The summed E-state index contributed by atoms with van der Waals surface area (Å²) in [5.41, 5.74) is 2.52. The SMILES string of the molecule is CC(=O)c1cccc(NC(=O)/C=C/c2ccc(C#N)cc2)c1. The van der Waals surface area contributed by atoms with E-state index in [0.29, 0.717) is 16.8 Å². The summed E-state index contributed by atoms with van der Waals surface area (Å²) in [5, 5.41) is 11.4. The molecular formula is C18H14N2O2. The molecule has 0 saturated heterocycles. The largest absolute Gasteiger partial charge is 0.322 e. The highest BCUT2D eigenvalue weighted by atomic mass is 16.1. The number of benzene rings is 2. The van der Waals surface area contributed by atoms with Crippen LogP contribution in [-0.2, 0) is 4.79 Å². The predicted octanol–water partition coefficient (Wildman–Crippen LogP) is 3.41. The molecule has 0 atom stereocenters. The maximum absolute atomic E-state index is 11.9. The summed E-state index contributed by atoms with van der Waals surface area (Å²) in [5.74, 6) is -0.339. The van der Waals surface area contributed by atoms with E-state index in [1.807, 2.05) is 6.07 Å². The number of nitriles is 1. The molecule has 4 heteroatoms. The van der Waals surface area contributed by atoms with Crippen molar-refractivity contribution in [1.82, 2.24) is 0 Å². The van der Waals surface area contributed by atoms with Crippen LogP contribution >= 0.6 is 0 Å². The summed E-state index contributed by atoms with van der Waals surface area (Å²) in [4.78, 5) is 23.2. The van der Waals surface area contributed by atoms with Crippen molar-refractivity contribution in [2.75, 3.05) is 5.32 Å². The second-order valence-corrected chi connectivity index (χ2v) is 4.69. The monoisotopic (exact) mass is 290 g/mol. The van der Waals surface area contributed by atoms with Gasteiger partial charge in [0, 0.05) is 17.3 Å². The maximum atomic E-state index is 11.9. The molecule has 1 N–H and O–H groups in total. The number of hydrogen-bond acceptors (Lipinski definition) is 3. The Kier molecular flexibility index (Phi) is 4.84. The van der Waals surface area contributed by atoms with Crippen molar-refractivity contribution in [1.29, 1.82) is 5.26 Å². The van der Waals surface area contributed by atoms with Crippen LogP contribution in [0.15, 0.2) is 54.6 Å². The molecule has 108 valence electrons. The number of hydrogen-bond donors (Lipinski definition) is 1. The molecule has 0 aliphatic carbocycles. The van der Waals surface area contributed by atoms with E-state index in [-0.39, 0.29) is 11.7 Å². The van der Waals surface area contributed by atoms with Gasteiger partial charge in [0.15, 0.2) is 5.78 Å². The van der Waals surface area contributed by atoms with Crippen LogP contribution < -0.4 is 5.32 Å². The number of carbonyl (C=O) groups is 2. The minimum atomic E-state index is -0.287. The van der Waals surface area contributed by atoms with E-state index in [9.17, 15) is 9.59 Å². The quantitative estimate of drug-likeness (QED) is 0.693. The van der Waals surface area contributed by atoms with Gasteiger partial charge in [0.1, 0.15) is 0 Å². The zero-order valence-corrected chi connectivity index (χ0v) is 12.0. The van der Waals surface area contributed by atoms with Gasteiger partial charge in [-0.05, 0) is 42.8 Å². The molecule has 0 heterocycles. The first-order valence-electron chi connectivity index (χ1n) is 6.69. The van der Waals surface area contributed by atoms with Crippen molar-refractivity contribution in [2.24, 2.45) is 0 Å². The zero-order chi connectivity index (χ0) is 15.9. The van der Waals surface area contributed by atoms with Gasteiger partial charge < -0.3 is 5.32 Å². The molecule has 0 fully saturated rings. The summed E-state index contributed by atoms with van der Waals surface area (Å²) in [6.45, 7) is 1.48. The Morgan fingerprint density at radius 1 is 1.14 bits per heavy atom. The summed E-state index contributed by atoms with van der Waals surface area (Å²) >= 11 is 0. The van der Waals surface area contributed by atoms with Crippen LogP contribution in [0.5, 0.6) is 0 Å². The van der Waals surface area contributed by atoms with Crippen LogP contribution in [0.1, 0.15) is 28.4 Å². The van der Waals surface area contributed by atoms with Gasteiger partial charge in [0.25, 0.3) is 0 Å². The van der Waals surface area contributed by atoms with Crippen LogP contribution in [-0.4, -0.2) is 11.7 Å². The third-order valence-corrected chi connectivity index (χ3v) is 3.00. The molecule has 4 nitrogen and oxygen atoms in total. The Morgan fingerprint density at radius 3 is 2.50 bits per heavy atom. The van der Waals surface area contributed by atoms with E-state index in [2.05, 4.69) is 5.32 Å². The molecule has 0 aliphatic rings. The first-order chi connectivity index (χ1) is 10.6. The summed E-state index contributed by atoms with van der Waals surface area (Å²) in [7, 11) is 0. The summed E-state index contributed by atoms with van der Waals surface area (Å²) < 4.78 is 0. The fourth-order valence-electron chi connectivity index (χ4n) is 1.84. The molecule has 0 spiro atoms. The van der Waals surface area contributed by atoms with Crippen molar-refractivity contribution < 1.29 is 9.59 Å². The summed E-state index contributed by atoms with van der Waals surface area (Å²) in [6, 6.07) is 15.7. The molecule has 22 heavy (non-hydrogen) atoms. The number of nitrogens with one attached hydrogen (secondary N) is 1. The second kappa shape index (κ2) is 7.00. The molecule has 2 rings (SSSR count). The van der Waals surface area contributed by atoms with E-state index in [0.717, 1.165) is 5.56 Å². The molecule has 0 bridgehead atoms. The van der Waals surface area contributed by atoms with E-state index < -0.39 is 0 Å². The highest BCUT2D eigenvalue weighted by Crippen LogP contribution is 2.11. The van der Waals surface area contributed by atoms with Crippen molar-refractivity contribution in [3.63, 3.8) is 0 Å². The average molecular weight is 290 g/mol. The van der Waals surface area contributed by atoms with Gasteiger partial charge in [-0.15, -0.1) is 0 Å². The Hall–Kier alpha value is -3.19. The Morgan fingerprint density at radius 2 is 1.86 bits per heavy atom. The lowest BCUT2D eigenvalue weighted by atomic mass is 10.1. The molecule has 1 amide bonds. The highest BCUT2D eigenvalue weighted by Gasteiger charge is 2.02. The molecular weight excluding hydrogens is 276 g/mol. The predicted molar refractivity (Wildman–Crippen MR) is 85.3 cm³/mol. The van der Waals surface area contributed by atoms with E-state index >= 15 is 0 Å². The topological polar surface area (TPSA) is 70.0 Å². The first kappa shape index (κ1) is 15.2. The normalized spacial score (nSPS) is 10.2. The fraction of sp³-hybridized carbons (Fsp3) is 0.0556. The van der Waals surface area contributed by atoms with Gasteiger partial charge in [-0.25, -0.2) is 0 Å². The minimum absolute atomic E-state index is 0.0516. The van der Waals surface area contributed by atoms with Crippen LogP contribution in [0.3, 0.4) is 0 Å². The molecule has 2 aromatic rings. The Balaban J connectivity index is 2.03. The third-order valence-electron chi connectivity index (χ3n) is 3.00. The maximum Gasteiger partial charge on any atom is 0.248 e. The van der Waals surface area contributed by atoms with Gasteiger partial charge in [0.05, 0.1) is 11.6 Å². The van der Waals surface area contributed by atoms with Crippen LogP contribution in [0.2, 0.25) is 0 Å². The van der Waals surface area contributed by atoms with Crippen LogP contribution in [0.25, 0.3) is 6.08 Å². The zero-order valence-electron chi connectivity index (χ0n) is 12.0. The number of anilines is 1. The van der Waals surface area contributed by atoms with Gasteiger partial charge in [0.2, 0.25) is 5.91 Å². The average Bonchev–Trinajstić information content (AvgIpc) is 2.53. The van der Waals surface area contributed by atoms with Crippen LogP contribution in [0.4, 0.5) is 5.69 Å². The van der Waals surface area contributed by atoms with Crippen molar-refractivity contribution in [3.05, 3.63) is 71.3 Å². The molecule has 0 aromatic heterocycles. The molecule has 0 radical (unpaired) electrons. The lowest BCUT2D eigenvalue weighted by molar-refractivity contribution is -0.111. The van der Waals surface area contributed by atoms with Gasteiger partial charge in [-0.3, -0.25) is 9.59 Å². The van der Waals surface area contributed by atoms with Gasteiger partial charge in [-0.1, -0.05) is 24.3 Å². The Labute approximate surface area is 128 Å². The molecule has 0 aliphatic heterocycles. The van der Waals surface area contributed by atoms with Crippen molar-refractivity contribution in [2.45, 2.75) is 6.92 Å². The van der Waals surface area contributed by atoms with Crippen LogP contribution in [0, 0.1) is 11.3 Å². The number of nitrogens with zero attached hydrogens (tertiary/aromatic N) is 1. The summed E-state index contributed by atoms with van der Waals surface area (Å²) in [6.07, 6.45) is 3.06. The molecule has 0 unspecified atom stereocenters. The first-order valence-corrected chi connectivity index (χ1v) is 6.69. The number of amides is 1. The number of Topliss-reactive ketones (excluding diaryl/α,β-unsaturated/α-hetero) is 1. The number of carbonyl (C=O) groups excluding carboxylic acids is 2. The number of ketones is 1. The van der Waals surface area contributed by atoms with E-state index in [1.54, 1.807) is 54.6 Å². The third kappa shape index (κ3) is 4.15. The highest BCUT2D eigenvalue weighted by molar-refractivity contribution is 6.03. The van der Waals surface area contributed by atoms with Gasteiger partial charge >= 0.3 is 0 Å². The minimum Gasteiger partial charge on any atom is -0.322 e. The van der Waals surface area contributed by atoms with Crippen molar-refractivity contribution >= 4 is 23.5 Å². The molecule has 2 aromatic carbocycles. The van der Waals surface area contributed by atoms with E-state index in [4.69, 9.17) is 5.26 Å². The van der Waals surface area contributed by atoms with Crippen molar-refractivity contribution in [3.8, 4) is 6.07 Å². The van der Waals surface area contributed by atoms with Gasteiger partial charge in [-0.2, -0.15) is 5.26 Å². The lowest BCUT2D eigenvalue weighted by Crippen LogP contribution is -2.08.